The van der Waals surface area contributed by atoms with E-state index < -0.39 is 0 Å². The number of nitrogens with one attached hydrogen (secondary N) is 1. The van der Waals surface area contributed by atoms with Gasteiger partial charge in [-0.1, -0.05) is 59.6 Å². The van der Waals surface area contributed by atoms with Gasteiger partial charge in [-0.3, -0.25) is 4.79 Å². The summed E-state index contributed by atoms with van der Waals surface area (Å²) in [7, 11) is 0. The van der Waals surface area contributed by atoms with Gasteiger partial charge in [0.05, 0.1) is 15.6 Å². The van der Waals surface area contributed by atoms with Gasteiger partial charge in [0.2, 0.25) is 0 Å². The Morgan fingerprint density at radius 3 is 2.50 bits per heavy atom. The van der Waals surface area contributed by atoms with E-state index in [1.807, 2.05) is 60.7 Å². The SMILES string of the molecule is O=C1NC(=Nc2ccccc2)S/C1=C\c1ccc(OCc2ccc(Cl)cc2)c(Cl)c1. The molecule has 0 spiro atoms. The number of nitrogens with zero attached hydrogens (tertiary/aromatic N) is 1. The second kappa shape index (κ2) is 9.39. The molecule has 0 aromatic heterocycles. The highest BCUT2D eigenvalue weighted by atomic mass is 35.5. The molecule has 4 rings (SSSR count). The maximum Gasteiger partial charge on any atom is 0.264 e. The van der Waals surface area contributed by atoms with E-state index in [0.29, 0.717) is 32.5 Å². The molecule has 1 fully saturated rings. The molecular formula is C23H16Cl2N2O2S. The van der Waals surface area contributed by atoms with Crippen LogP contribution in [-0.2, 0) is 11.4 Å². The summed E-state index contributed by atoms with van der Waals surface area (Å²) in [6.45, 7) is 0.384. The van der Waals surface area contributed by atoms with E-state index in [1.54, 1.807) is 18.2 Å². The largest absolute Gasteiger partial charge is 0.487 e. The van der Waals surface area contributed by atoms with E-state index in [1.165, 1.54) is 11.8 Å². The predicted molar refractivity (Wildman–Crippen MR) is 124 cm³/mol. The molecule has 1 aliphatic heterocycles. The molecule has 1 heterocycles. The van der Waals surface area contributed by atoms with Crippen molar-refractivity contribution in [1.82, 2.24) is 5.32 Å². The number of hydrogen-bond acceptors (Lipinski definition) is 4. The van der Waals surface area contributed by atoms with Gasteiger partial charge >= 0.3 is 0 Å². The Bertz CT molecular complexity index is 1130. The van der Waals surface area contributed by atoms with E-state index in [2.05, 4.69) is 10.3 Å². The number of rotatable bonds is 5. The lowest BCUT2D eigenvalue weighted by Crippen LogP contribution is -2.19. The smallest absolute Gasteiger partial charge is 0.264 e. The zero-order chi connectivity index (χ0) is 20.9. The molecular weight excluding hydrogens is 439 g/mol. The van der Waals surface area contributed by atoms with Crippen molar-refractivity contribution in [3.8, 4) is 5.75 Å². The second-order valence-electron chi connectivity index (χ2n) is 6.42. The molecule has 0 saturated carbocycles. The number of para-hydroxylation sites is 1. The van der Waals surface area contributed by atoms with Crippen LogP contribution in [0.5, 0.6) is 5.75 Å². The van der Waals surface area contributed by atoms with Gasteiger partial charge in [-0.15, -0.1) is 0 Å². The first-order valence-electron chi connectivity index (χ1n) is 9.08. The van der Waals surface area contributed by atoms with Gasteiger partial charge in [0.1, 0.15) is 12.4 Å². The van der Waals surface area contributed by atoms with E-state index in [-0.39, 0.29) is 5.91 Å². The minimum atomic E-state index is -0.186. The first kappa shape index (κ1) is 20.5. The summed E-state index contributed by atoms with van der Waals surface area (Å²) in [5.41, 5.74) is 2.58. The van der Waals surface area contributed by atoms with Gasteiger partial charge in [0.25, 0.3) is 5.91 Å². The summed E-state index contributed by atoms with van der Waals surface area (Å²) < 4.78 is 5.79. The van der Waals surface area contributed by atoms with Gasteiger partial charge in [-0.25, -0.2) is 4.99 Å². The Hall–Kier alpha value is -2.73. The normalized spacial score (nSPS) is 16.1. The van der Waals surface area contributed by atoms with Gasteiger partial charge in [0.15, 0.2) is 5.17 Å². The molecule has 3 aromatic carbocycles. The van der Waals surface area contributed by atoms with Crippen LogP contribution in [0.2, 0.25) is 10.0 Å². The first-order valence-corrected chi connectivity index (χ1v) is 10.7. The zero-order valence-electron chi connectivity index (χ0n) is 15.6. The highest BCUT2D eigenvalue weighted by Gasteiger charge is 2.23. The third-order valence-electron chi connectivity index (χ3n) is 4.20. The quantitative estimate of drug-likeness (QED) is 0.449. The molecule has 1 amide bonds. The van der Waals surface area contributed by atoms with Crippen molar-refractivity contribution in [2.24, 2.45) is 4.99 Å². The maximum atomic E-state index is 12.3. The van der Waals surface area contributed by atoms with E-state index in [4.69, 9.17) is 27.9 Å². The van der Waals surface area contributed by atoms with Crippen LogP contribution in [0.25, 0.3) is 6.08 Å². The molecule has 7 heteroatoms. The molecule has 1 saturated heterocycles. The molecule has 0 unspecified atom stereocenters. The molecule has 1 aliphatic rings. The molecule has 0 radical (unpaired) electrons. The highest BCUT2D eigenvalue weighted by molar-refractivity contribution is 8.18. The molecule has 3 aromatic rings. The molecule has 1 N–H and O–H groups in total. The summed E-state index contributed by atoms with van der Waals surface area (Å²) in [6, 6.07) is 22.3. The van der Waals surface area contributed by atoms with Crippen LogP contribution in [0.1, 0.15) is 11.1 Å². The van der Waals surface area contributed by atoms with Crippen LogP contribution in [0.4, 0.5) is 5.69 Å². The number of ether oxygens (including phenoxy) is 1. The molecule has 0 atom stereocenters. The lowest BCUT2D eigenvalue weighted by atomic mass is 10.2. The number of halogens is 2. The summed E-state index contributed by atoms with van der Waals surface area (Å²) in [4.78, 5) is 17.3. The van der Waals surface area contributed by atoms with E-state index in [9.17, 15) is 4.79 Å². The fourth-order valence-electron chi connectivity index (χ4n) is 2.72. The van der Waals surface area contributed by atoms with E-state index in [0.717, 1.165) is 16.8 Å². The minimum Gasteiger partial charge on any atom is -0.487 e. The maximum absolute atomic E-state index is 12.3. The number of benzene rings is 3. The fraction of sp³-hybridized carbons (Fsp3) is 0.0435. The average Bonchev–Trinajstić information content (AvgIpc) is 3.08. The molecule has 0 bridgehead atoms. The first-order chi connectivity index (χ1) is 14.6. The van der Waals surface area contributed by atoms with Gasteiger partial charge in [-0.05, 0) is 65.4 Å². The number of carbonyl (C=O) groups excluding carboxylic acids is 1. The molecule has 4 nitrogen and oxygen atoms in total. The van der Waals surface area contributed by atoms with Gasteiger partial charge in [-0.2, -0.15) is 0 Å². The van der Waals surface area contributed by atoms with Crippen LogP contribution >= 0.6 is 35.0 Å². The Labute approximate surface area is 188 Å². The van der Waals surface area contributed by atoms with Crippen molar-refractivity contribution >= 4 is 57.8 Å². The number of aliphatic imine (C=N–C) groups is 1. The lowest BCUT2D eigenvalue weighted by Gasteiger charge is -2.09. The number of amidine groups is 1. The van der Waals surface area contributed by atoms with Crippen LogP contribution in [0, 0.1) is 0 Å². The average molecular weight is 455 g/mol. The standard InChI is InChI=1S/C23H16Cl2N2O2S/c24-17-9-6-15(7-10-17)14-29-20-11-8-16(12-19(20)25)13-21-22(28)27-23(30-21)26-18-4-2-1-3-5-18/h1-13H,14H2,(H,26,27,28)/b21-13-. The van der Waals surface area contributed by atoms with Crippen molar-refractivity contribution in [3.05, 3.63) is 98.9 Å². The van der Waals surface area contributed by atoms with Crippen LogP contribution in [0.3, 0.4) is 0 Å². The molecule has 0 aliphatic carbocycles. The van der Waals surface area contributed by atoms with Crippen molar-refractivity contribution in [2.75, 3.05) is 0 Å². The van der Waals surface area contributed by atoms with Gasteiger partial charge < -0.3 is 10.1 Å². The van der Waals surface area contributed by atoms with Gasteiger partial charge in [0, 0.05) is 5.02 Å². The Balaban J connectivity index is 1.45. The zero-order valence-corrected chi connectivity index (χ0v) is 18.0. The van der Waals surface area contributed by atoms with Crippen molar-refractivity contribution < 1.29 is 9.53 Å². The Kier molecular flexibility index (Phi) is 6.43. The van der Waals surface area contributed by atoms with Crippen molar-refractivity contribution in [3.63, 3.8) is 0 Å². The summed E-state index contributed by atoms with van der Waals surface area (Å²) in [6.07, 6.45) is 1.78. The number of carbonyl (C=O) groups is 1. The Morgan fingerprint density at radius 1 is 1.00 bits per heavy atom. The minimum absolute atomic E-state index is 0.186. The topological polar surface area (TPSA) is 50.7 Å². The number of thioether (sulfide) groups is 1. The van der Waals surface area contributed by atoms with Crippen LogP contribution in [-0.4, -0.2) is 11.1 Å². The highest BCUT2D eigenvalue weighted by Crippen LogP contribution is 2.31. The second-order valence-corrected chi connectivity index (χ2v) is 8.30. The van der Waals surface area contributed by atoms with E-state index >= 15 is 0 Å². The monoisotopic (exact) mass is 454 g/mol. The third-order valence-corrected chi connectivity index (χ3v) is 5.66. The summed E-state index contributed by atoms with van der Waals surface area (Å²) in [5, 5.41) is 4.48. The molecule has 30 heavy (non-hydrogen) atoms. The van der Waals surface area contributed by atoms with Crippen LogP contribution in [0.15, 0.2) is 82.7 Å². The fourth-order valence-corrected chi connectivity index (χ4v) is 3.93. The van der Waals surface area contributed by atoms with Crippen molar-refractivity contribution in [2.45, 2.75) is 6.61 Å². The van der Waals surface area contributed by atoms with Crippen LogP contribution < -0.4 is 10.1 Å². The van der Waals surface area contributed by atoms with Crippen molar-refractivity contribution in [1.29, 1.82) is 0 Å². The lowest BCUT2D eigenvalue weighted by molar-refractivity contribution is -0.115. The Morgan fingerprint density at radius 2 is 1.77 bits per heavy atom. The third kappa shape index (κ3) is 5.25. The molecule has 150 valence electrons. The summed E-state index contributed by atoms with van der Waals surface area (Å²) in [5.74, 6) is 0.387. The number of amides is 1. The number of hydrogen-bond donors (Lipinski definition) is 1. The predicted octanol–water partition coefficient (Wildman–Crippen LogP) is 6.46. The summed E-state index contributed by atoms with van der Waals surface area (Å²) >= 11 is 13.6.